The number of anilines is 1. The summed E-state index contributed by atoms with van der Waals surface area (Å²) in [5.74, 6) is 0.594. The van der Waals surface area contributed by atoms with E-state index in [9.17, 15) is 0 Å². The van der Waals surface area contributed by atoms with Crippen molar-refractivity contribution in [3.63, 3.8) is 0 Å². The van der Waals surface area contributed by atoms with Gasteiger partial charge in [-0.15, -0.1) is 0 Å². The molecule has 0 aliphatic carbocycles. The van der Waals surface area contributed by atoms with E-state index in [1.54, 1.807) is 0 Å². The van der Waals surface area contributed by atoms with E-state index in [1.807, 2.05) is 17.7 Å². The Morgan fingerprint density at radius 2 is 2.33 bits per heavy atom. The number of aryl methyl sites for hydroxylation is 2. The van der Waals surface area contributed by atoms with Crippen LogP contribution in [0.15, 0.2) is 6.20 Å². The molecule has 1 aromatic heterocycles. The quantitative estimate of drug-likeness (QED) is 0.720. The van der Waals surface area contributed by atoms with Crippen molar-refractivity contribution >= 4 is 5.82 Å². The van der Waals surface area contributed by atoms with Gasteiger partial charge in [-0.2, -0.15) is 5.26 Å². The molecular weight excluding hydrogens is 150 g/mol. The third kappa shape index (κ3) is 1.28. The van der Waals surface area contributed by atoms with E-state index >= 15 is 0 Å². The molecule has 0 unspecified atom stereocenters. The van der Waals surface area contributed by atoms with Gasteiger partial charge in [0.15, 0.2) is 0 Å². The summed E-state index contributed by atoms with van der Waals surface area (Å²) in [4.78, 5) is 0. The lowest BCUT2D eigenvalue weighted by atomic mass is 10.2. The van der Waals surface area contributed by atoms with Gasteiger partial charge in [0, 0.05) is 12.7 Å². The minimum absolute atomic E-state index is 0.594. The van der Waals surface area contributed by atoms with Gasteiger partial charge >= 0.3 is 0 Å². The molecule has 0 fully saturated rings. The SMILES string of the molecule is CCCn1cc(C)c(C#N)c1N. The molecule has 12 heavy (non-hydrogen) atoms. The lowest BCUT2D eigenvalue weighted by molar-refractivity contribution is 0.690. The fourth-order valence-corrected chi connectivity index (χ4v) is 1.28. The number of nitrogen functional groups attached to an aromatic ring is 1. The van der Waals surface area contributed by atoms with Gasteiger partial charge in [-0.3, -0.25) is 0 Å². The highest BCUT2D eigenvalue weighted by Gasteiger charge is 2.08. The van der Waals surface area contributed by atoms with Crippen LogP contribution in [0.2, 0.25) is 0 Å². The van der Waals surface area contributed by atoms with Crippen LogP contribution in [0.25, 0.3) is 0 Å². The van der Waals surface area contributed by atoms with E-state index in [1.165, 1.54) is 0 Å². The van der Waals surface area contributed by atoms with Crippen LogP contribution in [0.5, 0.6) is 0 Å². The Morgan fingerprint density at radius 1 is 1.67 bits per heavy atom. The summed E-state index contributed by atoms with van der Waals surface area (Å²) in [5.41, 5.74) is 7.32. The van der Waals surface area contributed by atoms with Crippen LogP contribution < -0.4 is 5.73 Å². The van der Waals surface area contributed by atoms with Gasteiger partial charge in [-0.1, -0.05) is 6.92 Å². The van der Waals surface area contributed by atoms with Crippen LogP contribution in [0.4, 0.5) is 5.82 Å². The zero-order chi connectivity index (χ0) is 9.14. The van der Waals surface area contributed by atoms with E-state index in [0.29, 0.717) is 11.4 Å². The summed E-state index contributed by atoms with van der Waals surface area (Å²) in [6.45, 7) is 4.87. The molecule has 0 saturated carbocycles. The predicted molar refractivity (Wildman–Crippen MR) is 48.6 cm³/mol. The zero-order valence-electron chi connectivity index (χ0n) is 7.46. The molecule has 1 aromatic rings. The normalized spacial score (nSPS) is 9.75. The number of hydrogen-bond donors (Lipinski definition) is 1. The summed E-state index contributed by atoms with van der Waals surface area (Å²) in [6, 6.07) is 2.10. The number of hydrogen-bond acceptors (Lipinski definition) is 2. The molecule has 0 aromatic carbocycles. The molecule has 0 amide bonds. The third-order valence-corrected chi connectivity index (χ3v) is 1.89. The average Bonchev–Trinajstić information content (AvgIpc) is 2.29. The van der Waals surface area contributed by atoms with Crippen molar-refractivity contribution in [2.45, 2.75) is 26.8 Å². The summed E-state index contributed by atoms with van der Waals surface area (Å²) in [6.07, 6.45) is 2.96. The van der Waals surface area contributed by atoms with Crippen molar-refractivity contribution in [1.82, 2.24) is 4.57 Å². The first-order chi connectivity index (χ1) is 5.70. The zero-order valence-corrected chi connectivity index (χ0v) is 7.46. The molecular formula is C9H13N3. The smallest absolute Gasteiger partial charge is 0.121 e. The lowest BCUT2D eigenvalue weighted by Gasteiger charge is -2.01. The molecule has 0 radical (unpaired) electrons. The summed E-state index contributed by atoms with van der Waals surface area (Å²) < 4.78 is 1.92. The fraction of sp³-hybridized carbons (Fsp3) is 0.444. The van der Waals surface area contributed by atoms with Crippen LogP contribution in [-0.2, 0) is 6.54 Å². The van der Waals surface area contributed by atoms with Crippen LogP contribution in [0.3, 0.4) is 0 Å². The largest absolute Gasteiger partial charge is 0.384 e. The molecule has 0 aliphatic rings. The molecule has 0 spiro atoms. The second kappa shape index (κ2) is 3.31. The van der Waals surface area contributed by atoms with Gasteiger partial charge in [0.1, 0.15) is 11.9 Å². The number of rotatable bonds is 2. The highest BCUT2D eigenvalue weighted by atomic mass is 15.0. The third-order valence-electron chi connectivity index (χ3n) is 1.89. The van der Waals surface area contributed by atoms with Gasteiger partial charge in [0.05, 0.1) is 5.56 Å². The minimum atomic E-state index is 0.594. The Bertz CT molecular complexity index is 317. The first-order valence-electron chi connectivity index (χ1n) is 4.06. The summed E-state index contributed by atoms with van der Waals surface area (Å²) >= 11 is 0. The molecule has 3 heteroatoms. The Balaban J connectivity index is 3.10. The maximum atomic E-state index is 8.74. The van der Waals surface area contributed by atoms with Crippen molar-refractivity contribution in [2.75, 3.05) is 5.73 Å². The van der Waals surface area contributed by atoms with Crippen molar-refractivity contribution in [3.8, 4) is 6.07 Å². The Labute approximate surface area is 72.4 Å². The second-order valence-corrected chi connectivity index (χ2v) is 2.88. The molecule has 1 heterocycles. The Morgan fingerprint density at radius 3 is 2.75 bits per heavy atom. The van der Waals surface area contributed by atoms with Gasteiger partial charge in [-0.25, -0.2) is 0 Å². The molecule has 0 saturated heterocycles. The van der Waals surface area contributed by atoms with Gasteiger partial charge in [0.25, 0.3) is 0 Å². The number of nitriles is 1. The van der Waals surface area contributed by atoms with Gasteiger partial charge < -0.3 is 10.3 Å². The average molecular weight is 163 g/mol. The maximum absolute atomic E-state index is 8.74. The first-order valence-corrected chi connectivity index (χ1v) is 4.06. The van der Waals surface area contributed by atoms with Crippen LogP contribution in [-0.4, -0.2) is 4.57 Å². The highest BCUT2D eigenvalue weighted by Crippen LogP contribution is 2.18. The minimum Gasteiger partial charge on any atom is -0.384 e. The molecule has 2 N–H and O–H groups in total. The topological polar surface area (TPSA) is 54.7 Å². The monoisotopic (exact) mass is 163 g/mol. The standard InChI is InChI=1S/C9H13N3/c1-3-4-12-6-7(2)8(5-10)9(12)11/h6H,3-4,11H2,1-2H3. The second-order valence-electron chi connectivity index (χ2n) is 2.88. The Kier molecular flexibility index (Phi) is 2.39. The summed E-state index contributed by atoms with van der Waals surface area (Å²) in [5, 5.41) is 8.74. The van der Waals surface area contributed by atoms with E-state index in [2.05, 4.69) is 13.0 Å². The van der Waals surface area contributed by atoms with Crippen molar-refractivity contribution in [2.24, 2.45) is 0 Å². The number of nitrogens with zero attached hydrogens (tertiary/aromatic N) is 2. The molecule has 0 bridgehead atoms. The van der Waals surface area contributed by atoms with Crippen molar-refractivity contribution < 1.29 is 0 Å². The van der Waals surface area contributed by atoms with E-state index in [-0.39, 0.29) is 0 Å². The summed E-state index contributed by atoms with van der Waals surface area (Å²) in [7, 11) is 0. The first kappa shape index (κ1) is 8.66. The molecule has 3 nitrogen and oxygen atoms in total. The van der Waals surface area contributed by atoms with Gasteiger partial charge in [-0.05, 0) is 18.9 Å². The van der Waals surface area contributed by atoms with Crippen molar-refractivity contribution in [3.05, 3.63) is 17.3 Å². The van der Waals surface area contributed by atoms with E-state index in [0.717, 1.165) is 18.5 Å². The molecule has 1 rings (SSSR count). The fourth-order valence-electron chi connectivity index (χ4n) is 1.28. The maximum Gasteiger partial charge on any atom is 0.121 e. The van der Waals surface area contributed by atoms with Crippen LogP contribution in [0, 0.1) is 18.3 Å². The van der Waals surface area contributed by atoms with Crippen LogP contribution in [0.1, 0.15) is 24.5 Å². The molecule has 64 valence electrons. The highest BCUT2D eigenvalue weighted by molar-refractivity contribution is 5.54. The van der Waals surface area contributed by atoms with E-state index < -0.39 is 0 Å². The predicted octanol–water partition coefficient (Wildman–Crippen LogP) is 1.66. The van der Waals surface area contributed by atoms with Gasteiger partial charge in [0.2, 0.25) is 0 Å². The number of aromatic nitrogens is 1. The number of nitrogens with two attached hydrogens (primary N) is 1. The Hall–Kier alpha value is -1.43. The molecule has 0 aliphatic heterocycles. The van der Waals surface area contributed by atoms with E-state index in [4.69, 9.17) is 11.0 Å². The van der Waals surface area contributed by atoms with Crippen molar-refractivity contribution in [1.29, 1.82) is 5.26 Å². The lowest BCUT2D eigenvalue weighted by Crippen LogP contribution is -2.01. The molecule has 0 atom stereocenters. The van der Waals surface area contributed by atoms with Crippen LogP contribution >= 0.6 is 0 Å².